The van der Waals surface area contributed by atoms with Gasteiger partial charge in [0.15, 0.2) is 0 Å². The van der Waals surface area contributed by atoms with Gasteiger partial charge in [-0.25, -0.2) is 0 Å². The van der Waals surface area contributed by atoms with Crippen LogP contribution in [0.4, 0.5) is 0 Å². The number of nitrogens with one attached hydrogen (secondary N) is 1. The predicted molar refractivity (Wildman–Crippen MR) is 80.0 cm³/mol. The molecule has 1 aliphatic rings. The average Bonchev–Trinajstić information content (AvgIpc) is 2.92. The Morgan fingerprint density at radius 2 is 2.15 bits per heavy atom. The van der Waals surface area contributed by atoms with Crippen molar-refractivity contribution in [2.45, 2.75) is 30.7 Å². The Kier molecular flexibility index (Phi) is 4.79. The van der Waals surface area contributed by atoms with Crippen LogP contribution < -0.4 is 11.1 Å². The standard InChI is InChI=1S/C14H17N3O2S/c1-9(13(15)18)17-14(19)10-5-2-3-6-11(10)20-12-7-4-8-16-12/h2-3,5-6,9H,4,7-8H2,1H3,(H2,15,18)(H,17,19)/t9-/m1/s1. The first-order valence-electron chi connectivity index (χ1n) is 6.48. The fourth-order valence-corrected chi connectivity index (χ4v) is 2.89. The molecule has 0 saturated carbocycles. The zero-order valence-corrected chi connectivity index (χ0v) is 12.1. The quantitative estimate of drug-likeness (QED) is 0.883. The lowest BCUT2D eigenvalue weighted by Crippen LogP contribution is -2.42. The lowest BCUT2D eigenvalue weighted by atomic mass is 10.2. The third-order valence-electron chi connectivity index (χ3n) is 2.97. The van der Waals surface area contributed by atoms with Gasteiger partial charge in [-0.15, -0.1) is 0 Å². The molecule has 1 heterocycles. The number of nitrogens with two attached hydrogens (primary N) is 1. The summed E-state index contributed by atoms with van der Waals surface area (Å²) in [6.45, 7) is 2.42. The van der Waals surface area contributed by atoms with E-state index in [1.54, 1.807) is 19.1 Å². The second-order valence-electron chi connectivity index (χ2n) is 4.57. The Balaban J connectivity index is 2.14. The van der Waals surface area contributed by atoms with Gasteiger partial charge in [0.2, 0.25) is 5.91 Å². The highest BCUT2D eigenvalue weighted by Crippen LogP contribution is 2.28. The summed E-state index contributed by atoms with van der Waals surface area (Å²) in [5, 5.41) is 3.64. The fraction of sp³-hybridized carbons (Fsp3) is 0.357. The topological polar surface area (TPSA) is 84.6 Å². The first kappa shape index (κ1) is 14.6. The van der Waals surface area contributed by atoms with Crippen molar-refractivity contribution in [1.29, 1.82) is 0 Å². The molecule has 0 unspecified atom stereocenters. The van der Waals surface area contributed by atoms with Crippen molar-refractivity contribution in [3.05, 3.63) is 29.8 Å². The number of primary amides is 1. The van der Waals surface area contributed by atoms with E-state index in [2.05, 4.69) is 10.3 Å². The first-order chi connectivity index (χ1) is 9.58. The maximum Gasteiger partial charge on any atom is 0.253 e. The number of nitrogens with zero attached hydrogens (tertiary/aromatic N) is 1. The van der Waals surface area contributed by atoms with Gasteiger partial charge in [0.25, 0.3) is 5.91 Å². The fourth-order valence-electron chi connectivity index (χ4n) is 1.81. The lowest BCUT2D eigenvalue weighted by molar-refractivity contribution is -0.119. The van der Waals surface area contributed by atoms with Crippen LogP contribution in [0.25, 0.3) is 0 Å². The molecule has 6 heteroatoms. The van der Waals surface area contributed by atoms with Crippen LogP contribution >= 0.6 is 11.8 Å². The van der Waals surface area contributed by atoms with Crippen LogP contribution in [-0.4, -0.2) is 29.4 Å². The summed E-state index contributed by atoms with van der Waals surface area (Å²) in [5.41, 5.74) is 5.70. The molecule has 20 heavy (non-hydrogen) atoms. The minimum Gasteiger partial charge on any atom is -0.368 e. The number of aliphatic imine (C=N–C) groups is 1. The van der Waals surface area contributed by atoms with Crippen molar-refractivity contribution >= 4 is 28.6 Å². The van der Waals surface area contributed by atoms with Crippen LogP contribution in [0.2, 0.25) is 0 Å². The Hall–Kier alpha value is -1.82. The summed E-state index contributed by atoms with van der Waals surface area (Å²) in [6, 6.07) is 6.61. The van der Waals surface area contributed by atoms with Crippen LogP contribution in [0, 0.1) is 0 Å². The van der Waals surface area contributed by atoms with E-state index in [4.69, 9.17) is 5.73 Å². The average molecular weight is 291 g/mol. The van der Waals surface area contributed by atoms with Gasteiger partial charge in [0, 0.05) is 11.4 Å². The minimum atomic E-state index is -0.690. The molecule has 5 nitrogen and oxygen atoms in total. The molecular formula is C14H17N3O2S. The van der Waals surface area contributed by atoms with Crippen LogP contribution in [-0.2, 0) is 4.79 Å². The molecule has 2 amide bonds. The number of carbonyl (C=O) groups is 2. The number of hydrogen-bond acceptors (Lipinski definition) is 4. The summed E-state index contributed by atoms with van der Waals surface area (Å²) in [7, 11) is 0. The number of amides is 2. The molecule has 1 atom stereocenters. The third kappa shape index (κ3) is 3.60. The molecule has 0 bridgehead atoms. The van der Waals surface area contributed by atoms with Gasteiger partial charge in [0.05, 0.1) is 10.6 Å². The predicted octanol–water partition coefficient (Wildman–Crippen LogP) is 1.57. The molecular weight excluding hydrogens is 274 g/mol. The molecule has 2 rings (SSSR count). The van der Waals surface area contributed by atoms with E-state index in [1.807, 2.05) is 12.1 Å². The Morgan fingerprint density at radius 1 is 1.40 bits per heavy atom. The van der Waals surface area contributed by atoms with Crippen molar-refractivity contribution in [3.63, 3.8) is 0 Å². The molecule has 3 N–H and O–H groups in total. The Bertz CT molecular complexity index is 557. The van der Waals surface area contributed by atoms with Crippen LogP contribution in [0.3, 0.4) is 0 Å². The molecule has 0 saturated heterocycles. The van der Waals surface area contributed by atoms with E-state index in [0.29, 0.717) is 5.56 Å². The number of benzene rings is 1. The highest BCUT2D eigenvalue weighted by molar-refractivity contribution is 8.14. The molecule has 0 fully saturated rings. The van der Waals surface area contributed by atoms with Gasteiger partial charge in [-0.05, 0) is 31.9 Å². The Morgan fingerprint density at radius 3 is 2.80 bits per heavy atom. The van der Waals surface area contributed by atoms with E-state index in [0.717, 1.165) is 29.3 Å². The van der Waals surface area contributed by atoms with Gasteiger partial charge >= 0.3 is 0 Å². The molecule has 1 aromatic carbocycles. The SMILES string of the molecule is C[C@@H](NC(=O)c1ccccc1SC1=NCCC1)C(N)=O. The monoisotopic (exact) mass is 291 g/mol. The molecule has 0 spiro atoms. The largest absolute Gasteiger partial charge is 0.368 e. The second-order valence-corrected chi connectivity index (χ2v) is 5.69. The zero-order chi connectivity index (χ0) is 14.5. The molecule has 0 aliphatic carbocycles. The zero-order valence-electron chi connectivity index (χ0n) is 11.3. The minimum absolute atomic E-state index is 0.294. The molecule has 0 radical (unpaired) electrons. The highest BCUT2D eigenvalue weighted by atomic mass is 32.2. The molecule has 1 aliphatic heterocycles. The number of carbonyl (C=O) groups excluding carboxylic acids is 2. The van der Waals surface area contributed by atoms with Gasteiger partial charge < -0.3 is 11.1 Å². The normalized spacial score (nSPS) is 15.6. The van der Waals surface area contributed by atoms with E-state index < -0.39 is 11.9 Å². The maximum atomic E-state index is 12.2. The van der Waals surface area contributed by atoms with Crippen molar-refractivity contribution in [1.82, 2.24) is 5.32 Å². The van der Waals surface area contributed by atoms with Gasteiger partial charge in [-0.2, -0.15) is 0 Å². The number of thioether (sulfide) groups is 1. The molecule has 1 aromatic rings. The molecule has 0 aromatic heterocycles. The van der Waals surface area contributed by atoms with E-state index in [9.17, 15) is 9.59 Å². The highest BCUT2D eigenvalue weighted by Gasteiger charge is 2.18. The van der Waals surface area contributed by atoms with Gasteiger partial charge in [-0.1, -0.05) is 23.9 Å². The smallest absolute Gasteiger partial charge is 0.253 e. The lowest BCUT2D eigenvalue weighted by Gasteiger charge is -2.12. The number of rotatable bonds is 4. The summed E-state index contributed by atoms with van der Waals surface area (Å²) >= 11 is 1.51. The number of hydrogen-bond donors (Lipinski definition) is 2. The summed E-state index contributed by atoms with van der Waals surface area (Å²) in [6.07, 6.45) is 2.02. The molecule has 106 valence electrons. The van der Waals surface area contributed by atoms with Crippen molar-refractivity contribution in [3.8, 4) is 0 Å². The van der Waals surface area contributed by atoms with Crippen LogP contribution in [0.1, 0.15) is 30.1 Å². The van der Waals surface area contributed by atoms with E-state index in [-0.39, 0.29) is 5.91 Å². The summed E-state index contributed by atoms with van der Waals surface area (Å²) < 4.78 is 0. The summed E-state index contributed by atoms with van der Waals surface area (Å²) in [4.78, 5) is 28.4. The van der Waals surface area contributed by atoms with Gasteiger partial charge in [-0.3, -0.25) is 14.6 Å². The maximum absolute atomic E-state index is 12.2. The Labute approximate surface area is 122 Å². The van der Waals surface area contributed by atoms with Gasteiger partial charge in [0.1, 0.15) is 6.04 Å². The van der Waals surface area contributed by atoms with E-state index >= 15 is 0 Å². The van der Waals surface area contributed by atoms with E-state index in [1.165, 1.54) is 11.8 Å². The van der Waals surface area contributed by atoms with Crippen molar-refractivity contribution in [2.75, 3.05) is 6.54 Å². The van der Waals surface area contributed by atoms with Crippen LogP contribution in [0.15, 0.2) is 34.2 Å². The second kappa shape index (κ2) is 6.56. The third-order valence-corrected chi connectivity index (χ3v) is 4.12. The van der Waals surface area contributed by atoms with Crippen molar-refractivity contribution in [2.24, 2.45) is 10.7 Å². The van der Waals surface area contributed by atoms with Crippen molar-refractivity contribution < 1.29 is 9.59 Å². The van der Waals surface area contributed by atoms with Crippen LogP contribution in [0.5, 0.6) is 0 Å². The first-order valence-corrected chi connectivity index (χ1v) is 7.30. The summed E-state index contributed by atoms with van der Waals surface area (Å²) in [5.74, 6) is -0.846.